The zero-order valence-corrected chi connectivity index (χ0v) is 19.9. The third-order valence-corrected chi connectivity index (χ3v) is 4.95. The van der Waals surface area contributed by atoms with Crippen LogP contribution in [0, 0.1) is 0 Å². The highest BCUT2D eigenvalue weighted by Gasteiger charge is 2.30. The van der Waals surface area contributed by atoms with E-state index in [-0.39, 0.29) is 32.1 Å². The fourth-order valence-electron chi connectivity index (χ4n) is 2.97. The van der Waals surface area contributed by atoms with Crippen molar-refractivity contribution in [2.45, 2.75) is 75.5 Å². The first-order chi connectivity index (χ1) is 16.8. The van der Waals surface area contributed by atoms with Gasteiger partial charge in [-0.05, 0) is 38.6 Å². The van der Waals surface area contributed by atoms with E-state index in [1.54, 1.807) is 0 Å². The van der Waals surface area contributed by atoms with Crippen molar-refractivity contribution < 1.29 is 38.7 Å². The van der Waals surface area contributed by atoms with Gasteiger partial charge in [-0.25, -0.2) is 4.79 Å². The smallest absolute Gasteiger partial charge is 0.326 e. The van der Waals surface area contributed by atoms with Gasteiger partial charge in [0.2, 0.25) is 35.4 Å². The molecule has 16 heteroatoms. The lowest BCUT2D eigenvalue weighted by molar-refractivity contribution is -0.143. The molecular formula is C20H36N8O8. The Morgan fingerprint density at radius 2 is 1.11 bits per heavy atom. The number of nitrogens with two attached hydrogens (primary N) is 5. The summed E-state index contributed by atoms with van der Waals surface area (Å²) in [4.78, 5) is 82.7. The van der Waals surface area contributed by atoms with Crippen molar-refractivity contribution in [3.8, 4) is 0 Å². The molecule has 0 aliphatic heterocycles. The molecule has 16 nitrogen and oxygen atoms in total. The average Bonchev–Trinajstić information content (AvgIpc) is 2.78. The summed E-state index contributed by atoms with van der Waals surface area (Å²) in [6, 6.07) is -5.42. The summed E-state index contributed by atoms with van der Waals surface area (Å²) in [5.41, 5.74) is 26.4. The van der Waals surface area contributed by atoms with Crippen LogP contribution in [0.2, 0.25) is 0 Å². The highest BCUT2D eigenvalue weighted by atomic mass is 16.4. The van der Waals surface area contributed by atoms with Gasteiger partial charge < -0.3 is 49.7 Å². The van der Waals surface area contributed by atoms with Crippen LogP contribution >= 0.6 is 0 Å². The van der Waals surface area contributed by atoms with Gasteiger partial charge in [-0.15, -0.1) is 0 Å². The van der Waals surface area contributed by atoms with Crippen LogP contribution < -0.4 is 44.6 Å². The molecule has 0 aromatic heterocycles. The van der Waals surface area contributed by atoms with E-state index in [9.17, 15) is 38.7 Å². The van der Waals surface area contributed by atoms with Crippen LogP contribution in [0.3, 0.4) is 0 Å². The summed E-state index contributed by atoms with van der Waals surface area (Å²) in [6.07, 6.45) is -0.557. The standard InChI is InChI=1S/C20H36N8O8/c21-8-2-1-3-11(18(33)28-13(20(35)36)9-16(25)31)27-19(34)12(5-7-15(24)30)26-17(32)10(22)4-6-14(23)29/h10-13H,1-9,21-22H2,(H2,23,29)(H2,24,30)(H2,25,31)(H,26,32)(H,27,34)(H,28,33)(H,35,36). The number of carbonyl (C=O) groups is 7. The summed E-state index contributed by atoms with van der Waals surface area (Å²) < 4.78 is 0. The molecule has 0 aromatic rings. The normalized spacial score (nSPS) is 13.9. The Kier molecular flexibility index (Phi) is 15.0. The minimum atomic E-state index is -1.63. The van der Waals surface area contributed by atoms with Crippen LogP contribution in [0.15, 0.2) is 0 Å². The van der Waals surface area contributed by atoms with Gasteiger partial charge >= 0.3 is 5.97 Å². The molecule has 0 radical (unpaired) electrons. The Hall–Kier alpha value is -3.79. The minimum Gasteiger partial charge on any atom is -0.480 e. The van der Waals surface area contributed by atoms with E-state index in [1.807, 2.05) is 0 Å². The van der Waals surface area contributed by atoms with Crippen molar-refractivity contribution in [1.29, 1.82) is 0 Å². The molecule has 204 valence electrons. The summed E-state index contributed by atoms with van der Waals surface area (Å²) in [5, 5.41) is 16.1. The first kappa shape index (κ1) is 32.2. The number of amides is 6. The van der Waals surface area contributed by atoms with Crippen molar-refractivity contribution >= 4 is 41.4 Å². The van der Waals surface area contributed by atoms with Gasteiger partial charge in [0, 0.05) is 12.8 Å². The predicted octanol–water partition coefficient (Wildman–Crippen LogP) is -4.61. The molecular weight excluding hydrogens is 480 g/mol. The zero-order valence-electron chi connectivity index (χ0n) is 19.9. The summed E-state index contributed by atoms with van der Waals surface area (Å²) in [6.45, 7) is 0.294. The first-order valence-electron chi connectivity index (χ1n) is 11.2. The van der Waals surface area contributed by atoms with E-state index >= 15 is 0 Å². The molecule has 0 aliphatic carbocycles. The van der Waals surface area contributed by atoms with E-state index in [2.05, 4.69) is 16.0 Å². The maximum Gasteiger partial charge on any atom is 0.326 e. The monoisotopic (exact) mass is 516 g/mol. The molecule has 4 unspecified atom stereocenters. The average molecular weight is 517 g/mol. The Morgan fingerprint density at radius 1 is 0.639 bits per heavy atom. The van der Waals surface area contributed by atoms with Crippen LogP contribution in [0.1, 0.15) is 51.4 Å². The lowest BCUT2D eigenvalue weighted by Gasteiger charge is -2.25. The van der Waals surface area contributed by atoms with Gasteiger partial charge in [0.25, 0.3) is 0 Å². The number of carboxylic acid groups (broad SMARTS) is 1. The fourth-order valence-corrected chi connectivity index (χ4v) is 2.97. The SMILES string of the molecule is NCCCCC(NC(=O)C(CCC(N)=O)NC(=O)C(N)CCC(N)=O)C(=O)NC(CC(N)=O)C(=O)O. The molecule has 0 saturated heterocycles. The number of carboxylic acids is 1. The molecule has 14 N–H and O–H groups in total. The van der Waals surface area contributed by atoms with Gasteiger partial charge in [-0.3, -0.25) is 28.8 Å². The van der Waals surface area contributed by atoms with Gasteiger partial charge in [0.05, 0.1) is 12.5 Å². The number of primary amides is 3. The van der Waals surface area contributed by atoms with Crippen molar-refractivity contribution in [3.63, 3.8) is 0 Å². The quantitative estimate of drug-likeness (QED) is 0.0739. The third-order valence-electron chi connectivity index (χ3n) is 4.95. The minimum absolute atomic E-state index is 0.0479. The van der Waals surface area contributed by atoms with Gasteiger partial charge in [-0.2, -0.15) is 0 Å². The van der Waals surface area contributed by atoms with Gasteiger partial charge in [0.15, 0.2) is 0 Å². The second-order valence-electron chi connectivity index (χ2n) is 8.09. The molecule has 0 rings (SSSR count). The van der Waals surface area contributed by atoms with E-state index in [0.29, 0.717) is 19.4 Å². The van der Waals surface area contributed by atoms with Crippen molar-refractivity contribution in [3.05, 3.63) is 0 Å². The number of rotatable bonds is 19. The molecule has 0 fully saturated rings. The van der Waals surface area contributed by atoms with Crippen LogP contribution in [-0.4, -0.2) is 77.2 Å². The molecule has 6 amide bonds. The Labute approximate surface area is 207 Å². The molecule has 0 heterocycles. The second kappa shape index (κ2) is 16.8. The second-order valence-corrected chi connectivity index (χ2v) is 8.09. The highest BCUT2D eigenvalue weighted by molar-refractivity contribution is 5.95. The fraction of sp³-hybridized carbons (Fsp3) is 0.650. The molecule has 4 atom stereocenters. The van der Waals surface area contributed by atoms with E-state index in [1.165, 1.54) is 0 Å². The van der Waals surface area contributed by atoms with Crippen molar-refractivity contribution in [1.82, 2.24) is 16.0 Å². The predicted molar refractivity (Wildman–Crippen MR) is 125 cm³/mol. The highest BCUT2D eigenvalue weighted by Crippen LogP contribution is 2.06. The van der Waals surface area contributed by atoms with Crippen LogP contribution in [-0.2, 0) is 33.6 Å². The maximum atomic E-state index is 12.9. The molecule has 0 aliphatic rings. The zero-order chi connectivity index (χ0) is 27.8. The van der Waals surface area contributed by atoms with Gasteiger partial charge in [-0.1, -0.05) is 0 Å². The summed E-state index contributed by atoms with van der Waals surface area (Å²) in [7, 11) is 0. The van der Waals surface area contributed by atoms with E-state index in [0.717, 1.165) is 0 Å². The Bertz CT molecular complexity index is 822. The van der Waals surface area contributed by atoms with Gasteiger partial charge in [0.1, 0.15) is 18.1 Å². The van der Waals surface area contributed by atoms with E-state index < -0.39 is 72.0 Å². The molecule has 0 aromatic carbocycles. The third kappa shape index (κ3) is 13.8. The molecule has 0 saturated carbocycles. The lowest BCUT2D eigenvalue weighted by Crippen LogP contribution is -2.57. The van der Waals surface area contributed by atoms with E-state index in [4.69, 9.17) is 28.7 Å². The summed E-state index contributed by atoms with van der Waals surface area (Å²) in [5.74, 6) is -6.50. The molecule has 0 bridgehead atoms. The largest absolute Gasteiger partial charge is 0.480 e. The molecule has 0 spiro atoms. The van der Waals surface area contributed by atoms with Crippen LogP contribution in [0.5, 0.6) is 0 Å². The lowest BCUT2D eigenvalue weighted by atomic mass is 10.0. The van der Waals surface area contributed by atoms with Crippen molar-refractivity contribution in [2.75, 3.05) is 6.54 Å². The van der Waals surface area contributed by atoms with Crippen LogP contribution in [0.25, 0.3) is 0 Å². The number of hydrogen-bond acceptors (Lipinski definition) is 9. The first-order valence-corrected chi connectivity index (χ1v) is 11.2. The van der Waals surface area contributed by atoms with Crippen molar-refractivity contribution in [2.24, 2.45) is 28.7 Å². The topological polar surface area (TPSA) is 306 Å². The van der Waals surface area contributed by atoms with Crippen LogP contribution in [0.4, 0.5) is 0 Å². The summed E-state index contributed by atoms with van der Waals surface area (Å²) >= 11 is 0. The molecule has 36 heavy (non-hydrogen) atoms. The number of hydrogen-bond donors (Lipinski definition) is 9. The Morgan fingerprint density at radius 3 is 1.58 bits per heavy atom. The number of unbranched alkanes of at least 4 members (excludes halogenated alkanes) is 1. The Balaban J connectivity index is 5.58. The number of carbonyl (C=O) groups excluding carboxylic acids is 6. The number of nitrogens with one attached hydrogen (secondary N) is 3. The maximum absolute atomic E-state index is 12.9. The number of aliphatic carboxylic acids is 1.